The van der Waals surface area contributed by atoms with Crippen LogP contribution >= 0.6 is 0 Å². The molecule has 1 saturated carbocycles. The van der Waals surface area contributed by atoms with Gasteiger partial charge in [-0.05, 0) is 38.2 Å². The summed E-state index contributed by atoms with van der Waals surface area (Å²) in [6.07, 6.45) is 6.10. The molecule has 32 heavy (non-hydrogen) atoms. The van der Waals surface area contributed by atoms with Gasteiger partial charge in [-0.1, -0.05) is 49.6 Å². The number of nitrogens with zero attached hydrogens (tertiary/aromatic N) is 2. The summed E-state index contributed by atoms with van der Waals surface area (Å²) in [6, 6.07) is 12.0. The first-order chi connectivity index (χ1) is 15.4. The quantitative estimate of drug-likeness (QED) is 0.651. The molecule has 3 aromatic rings. The van der Waals surface area contributed by atoms with Gasteiger partial charge in [-0.15, -0.1) is 0 Å². The number of fused-ring (bicyclic) bond motifs is 3. The van der Waals surface area contributed by atoms with Gasteiger partial charge in [-0.3, -0.25) is 9.59 Å². The molecule has 1 N–H and O–H groups in total. The highest BCUT2D eigenvalue weighted by Gasteiger charge is 2.48. The van der Waals surface area contributed by atoms with Crippen molar-refractivity contribution in [2.75, 3.05) is 0 Å². The Bertz CT molecular complexity index is 1160. The Morgan fingerprint density at radius 2 is 1.94 bits per heavy atom. The number of hydrogen-bond acceptors (Lipinski definition) is 3. The van der Waals surface area contributed by atoms with Crippen LogP contribution in [-0.4, -0.2) is 32.9 Å². The number of carbonyl (C=O) groups excluding carboxylic acids is 2. The second kappa shape index (κ2) is 7.84. The smallest absolute Gasteiger partial charge is 0.271 e. The zero-order chi connectivity index (χ0) is 22.5. The molecule has 2 amide bonds. The molecule has 1 aromatic carbocycles. The summed E-state index contributed by atoms with van der Waals surface area (Å²) in [7, 11) is 0. The summed E-state index contributed by atoms with van der Waals surface area (Å²) < 4.78 is 7.50. The number of aryl methyl sites for hydroxylation is 1. The number of amides is 2. The monoisotopic (exact) mass is 433 g/mol. The number of furan rings is 1. The maximum atomic E-state index is 13.8. The van der Waals surface area contributed by atoms with Crippen molar-refractivity contribution >= 4 is 22.9 Å². The van der Waals surface area contributed by atoms with E-state index >= 15 is 0 Å². The maximum absolute atomic E-state index is 13.8. The van der Waals surface area contributed by atoms with E-state index in [0.29, 0.717) is 30.3 Å². The van der Waals surface area contributed by atoms with E-state index in [-0.39, 0.29) is 17.9 Å². The molecule has 1 fully saturated rings. The van der Waals surface area contributed by atoms with Crippen molar-refractivity contribution in [2.24, 2.45) is 5.92 Å². The van der Waals surface area contributed by atoms with Crippen LogP contribution < -0.4 is 5.32 Å². The Labute approximate surface area is 188 Å². The van der Waals surface area contributed by atoms with E-state index in [1.165, 1.54) is 12.0 Å². The van der Waals surface area contributed by atoms with Crippen LogP contribution in [0.4, 0.5) is 0 Å². The molecule has 0 bridgehead atoms. The summed E-state index contributed by atoms with van der Waals surface area (Å²) in [4.78, 5) is 29.3. The number of hydrogen-bond donors (Lipinski definition) is 1. The number of rotatable bonds is 4. The fourth-order valence-corrected chi connectivity index (χ4v) is 5.25. The topological polar surface area (TPSA) is 67.5 Å². The molecule has 0 unspecified atom stereocenters. The van der Waals surface area contributed by atoms with E-state index in [1.54, 1.807) is 17.2 Å². The van der Waals surface area contributed by atoms with Gasteiger partial charge in [0.1, 0.15) is 11.2 Å². The Balaban J connectivity index is 1.52. The zero-order valence-corrected chi connectivity index (χ0v) is 19.1. The van der Waals surface area contributed by atoms with Gasteiger partial charge in [0.25, 0.3) is 5.91 Å². The third-order valence-corrected chi connectivity index (χ3v) is 7.43. The van der Waals surface area contributed by atoms with Gasteiger partial charge in [0.05, 0.1) is 18.3 Å². The molecule has 2 aromatic heterocycles. The van der Waals surface area contributed by atoms with Crippen molar-refractivity contribution in [2.45, 2.75) is 71.1 Å². The second-order valence-corrected chi connectivity index (χ2v) is 9.78. The van der Waals surface area contributed by atoms with Crippen molar-refractivity contribution in [3.63, 3.8) is 0 Å². The molecule has 3 atom stereocenters. The molecule has 6 nitrogen and oxygen atoms in total. The Morgan fingerprint density at radius 3 is 2.69 bits per heavy atom. The molecule has 0 spiro atoms. The van der Waals surface area contributed by atoms with E-state index in [4.69, 9.17) is 4.42 Å². The van der Waals surface area contributed by atoms with Crippen LogP contribution in [0.25, 0.3) is 11.1 Å². The fraction of sp³-hybridized carbons (Fsp3) is 0.462. The molecule has 0 saturated heterocycles. The van der Waals surface area contributed by atoms with E-state index in [2.05, 4.69) is 12.2 Å². The van der Waals surface area contributed by atoms with Crippen LogP contribution in [0.3, 0.4) is 0 Å². The molecule has 2 aliphatic rings. The standard InChI is InChI=1S/C26H31N3O3/c1-17-8-10-19(11-9-17)15-29-24(30)22-14-23-21(12-13-32-23)28(22)16-26(29,3)25(31)27-20-7-5-4-6-18(20)2/h8-14,18,20H,4-7,15-16H2,1-3H3,(H,27,31)/t18-,20+,26+/m0/s1. The van der Waals surface area contributed by atoms with Crippen molar-refractivity contribution in [3.8, 4) is 0 Å². The van der Waals surface area contributed by atoms with Gasteiger partial charge >= 0.3 is 0 Å². The van der Waals surface area contributed by atoms with Gasteiger partial charge in [0, 0.05) is 24.7 Å². The van der Waals surface area contributed by atoms with Crippen molar-refractivity contribution in [1.29, 1.82) is 0 Å². The summed E-state index contributed by atoms with van der Waals surface area (Å²) in [6.45, 7) is 6.94. The van der Waals surface area contributed by atoms with E-state index < -0.39 is 5.54 Å². The molecular formula is C26H31N3O3. The Kier molecular flexibility index (Phi) is 5.11. The highest BCUT2D eigenvalue weighted by Crippen LogP contribution is 2.34. The minimum atomic E-state index is -1.00. The summed E-state index contributed by atoms with van der Waals surface area (Å²) in [5, 5.41) is 3.32. The molecule has 6 heteroatoms. The van der Waals surface area contributed by atoms with Crippen molar-refractivity contribution < 1.29 is 14.0 Å². The van der Waals surface area contributed by atoms with Crippen molar-refractivity contribution in [3.05, 3.63) is 59.5 Å². The number of benzene rings is 1. The lowest BCUT2D eigenvalue weighted by Gasteiger charge is -2.45. The van der Waals surface area contributed by atoms with Crippen LogP contribution in [0.15, 0.2) is 47.1 Å². The first-order valence-corrected chi connectivity index (χ1v) is 11.6. The molecule has 5 rings (SSSR count). The number of nitrogens with one attached hydrogen (secondary N) is 1. The average molecular weight is 434 g/mol. The Hall–Kier alpha value is -3.02. The predicted molar refractivity (Wildman–Crippen MR) is 123 cm³/mol. The predicted octanol–water partition coefficient (Wildman–Crippen LogP) is 4.65. The SMILES string of the molecule is Cc1ccc(CN2C(=O)c3cc4occc4n3C[C@]2(C)C(=O)N[C@@H]2CCCC[C@@H]2C)cc1. The lowest BCUT2D eigenvalue weighted by atomic mass is 9.85. The average Bonchev–Trinajstić information content (AvgIpc) is 3.36. The second-order valence-electron chi connectivity index (χ2n) is 9.78. The van der Waals surface area contributed by atoms with Gasteiger partial charge < -0.3 is 19.2 Å². The van der Waals surface area contributed by atoms with E-state index in [1.807, 2.05) is 48.7 Å². The first kappa shape index (κ1) is 20.9. The third-order valence-electron chi connectivity index (χ3n) is 7.43. The number of aromatic nitrogens is 1. The zero-order valence-electron chi connectivity index (χ0n) is 19.1. The van der Waals surface area contributed by atoms with Gasteiger partial charge in [0.15, 0.2) is 5.58 Å². The van der Waals surface area contributed by atoms with Crippen molar-refractivity contribution in [1.82, 2.24) is 14.8 Å². The molecule has 1 aliphatic carbocycles. The minimum absolute atomic E-state index is 0.0762. The lowest BCUT2D eigenvalue weighted by Crippen LogP contribution is -2.65. The van der Waals surface area contributed by atoms with E-state index in [9.17, 15) is 9.59 Å². The molecular weight excluding hydrogens is 402 g/mol. The van der Waals surface area contributed by atoms with Crippen LogP contribution in [0.5, 0.6) is 0 Å². The van der Waals surface area contributed by atoms with Gasteiger partial charge in [-0.2, -0.15) is 0 Å². The molecule has 168 valence electrons. The maximum Gasteiger partial charge on any atom is 0.271 e. The summed E-state index contributed by atoms with van der Waals surface area (Å²) >= 11 is 0. The summed E-state index contributed by atoms with van der Waals surface area (Å²) in [5.41, 5.74) is 3.28. The van der Waals surface area contributed by atoms with Crippen LogP contribution in [-0.2, 0) is 17.9 Å². The van der Waals surface area contributed by atoms with Crippen LogP contribution in [0.2, 0.25) is 0 Å². The third kappa shape index (κ3) is 3.42. The molecule has 0 radical (unpaired) electrons. The largest absolute Gasteiger partial charge is 0.463 e. The Morgan fingerprint density at radius 1 is 1.19 bits per heavy atom. The minimum Gasteiger partial charge on any atom is -0.463 e. The van der Waals surface area contributed by atoms with Gasteiger partial charge in [-0.25, -0.2) is 0 Å². The highest BCUT2D eigenvalue weighted by atomic mass is 16.3. The fourth-order valence-electron chi connectivity index (χ4n) is 5.25. The normalized spacial score (nSPS) is 25.7. The molecule has 3 heterocycles. The van der Waals surface area contributed by atoms with Crippen LogP contribution in [0.1, 0.15) is 61.1 Å². The van der Waals surface area contributed by atoms with E-state index in [0.717, 1.165) is 30.3 Å². The van der Waals surface area contributed by atoms with Gasteiger partial charge in [0.2, 0.25) is 5.91 Å². The summed E-state index contributed by atoms with van der Waals surface area (Å²) in [5.74, 6) is 0.231. The number of carbonyl (C=O) groups is 2. The first-order valence-electron chi connectivity index (χ1n) is 11.6. The van der Waals surface area contributed by atoms with Crippen LogP contribution in [0, 0.1) is 12.8 Å². The lowest BCUT2D eigenvalue weighted by molar-refractivity contribution is -0.134. The highest BCUT2D eigenvalue weighted by molar-refractivity contribution is 6.02. The molecule has 1 aliphatic heterocycles.